The molecule has 26 heavy (non-hydrogen) atoms. The van der Waals surface area contributed by atoms with E-state index in [9.17, 15) is 9.90 Å². The summed E-state index contributed by atoms with van der Waals surface area (Å²) in [6.45, 7) is 3.81. The zero-order chi connectivity index (χ0) is 18.5. The number of para-hydroxylation sites is 2. The average Bonchev–Trinajstić information content (AvgIpc) is 2.88. The number of carbonyl (C=O) groups is 1. The number of aryl methyl sites for hydroxylation is 1. The lowest BCUT2D eigenvalue weighted by Gasteiger charge is -2.08. The topological polar surface area (TPSA) is 80.3 Å². The van der Waals surface area contributed by atoms with E-state index in [4.69, 9.17) is 5.73 Å². The van der Waals surface area contributed by atoms with Gasteiger partial charge in [-0.2, -0.15) is 0 Å². The monoisotopic (exact) mass is 351 g/mol. The van der Waals surface area contributed by atoms with Crippen LogP contribution in [0.1, 0.15) is 23.2 Å². The van der Waals surface area contributed by atoms with Crippen molar-refractivity contribution in [1.29, 1.82) is 0 Å². The van der Waals surface area contributed by atoms with E-state index < -0.39 is 0 Å². The standard InChI is InChI=1S/C21H25N3O2/c1-15-18(13-23-12-6-8-16-7-2-5-11-20(16)25)17-9-3-4-10-19(17)24(15)14-21(22)26/h2-5,7,9-11,23,25H,6,8,12-14H2,1H3,(H2,22,26). The van der Waals surface area contributed by atoms with Gasteiger partial charge in [0.15, 0.2) is 0 Å². The SMILES string of the molecule is Cc1c(CNCCCc2ccccc2O)c2ccccc2n1CC(N)=O. The van der Waals surface area contributed by atoms with Crippen LogP contribution < -0.4 is 11.1 Å². The van der Waals surface area contributed by atoms with Crippen LogP contribution in [0.3, 0.4) is 0 Å². The Bertz CT molecular complexity index is 915. The smallest absolute Gasteiger partial charge is 0.237 e. The Kier molecular flexibility index (Phi) is 5.58. The number of primary amides is 1. The predicted molar refractivity (Wildman–Crippen MR) is 104 cm³/mol. The zero-order valence-electron chi connectivity index (χ0n) is 15.0. The third-order valence-corrected chi connectivity index (χ3v) is 4.77. The zero-order valence-corrected chi connectivity index (χ0v) is 15.0. The second-order valence-corrected chi connectivity index (χ2v) is 6.54. The van der Waals surface area contributed by atoms with Crippen molar-refractivity contribution in [2.24, 2.45) is 5.73 Å². The largest absolute Gasteiger partial charge is 0.508 e. The van der Waals surface area contributed by atoms with Gasteiger partial charge in [0.25, 0.3) is 0 Å². The number of benzene rings is 2. The molecule has 3 aromatic rings. The molecule has 4 N–H and O–H groups in total. The molecule has 2 aromatic carbocycles. The second kappa shape index (κ2) is 8.06. The minimum atomic E-state index is -0.337. The van der Waals surface area contributed by atoms with Gasteiger partial charge in [0.1, 0.15) is 12.3 Å². The highest BCUT2D eigenvalue weighted by Crippen LogP contribution is 2.25. The number of nitrogens with one attached hydrogen (secondary N) is 1. The van der Waals surface area contributed by atoms with Gasteiger partial charge >= 0.3 is 0 Å². The summed E-state index contributed by atoms with van der Waals surface area (Å²) in [6.07, 6.45) is 1.78. The molecule has 5 heteroatoms. The Labute approximate surface area is 153 Å². The van der Waals surface area contributed by atoms with Crippen LogP contribution in [0, 0.1) is 6.92 Å². The maximum absolute atomic E-state index is 11.4. The highest BCUT2D eigenvalue weighted by atomic mass is 16.3. The molecule has 0 unspecified atom stereocenters. The fraction of sp³-hybridized carbons (Fsp3) is 0.286. The number of amides is 1. The first-order valence-electron chi connectivity index (χ1n) is 8.90. The van der Waals surface area contributed by atoms with Gasteiger partial charge in [0.2, 0.25) is 5.91 Å². The lowest BCUT2D eigenvalue weighted by molar-refractivity contribution is -0.118. The number of hydrogen-bond donors (Lipinski definition) is 3. The van der Waals surface area contributed by atoms with Crippen LogP contribution in [0.4, 0.5) is 0 Å². The van der Waals surface area contributed by atoms with Crippen LogP contribution in [-0.2, 0) is 24.3 Å². The molecule has 0 atom stereocenters. The van der Waals surface area contributed by atoms with E-state index in [1.54, 1.807) is 6.07 Å². The number of phenolic OH excluding ortho intramolecular Hbond substituents is 1. The van der Waals surface area contributed by atoms with Gasteiger partial charge < -0.3 is 20.7 Å². The van der Waals surface area contributed by atoms with E-state index in [1.165, 1.54) is 5.56 Å². The normalized spacial score (nSPS) is 11.1. The number of aromatic nitrogens is 1. The first kappa shape index (κ1) is 18.0. The van der Waals surface area contributed by atoms with Crippen molar-refractivity contribution in [3.8, 4) is 5.75 Å². The maximum Gasteiger partial charge on any atom is 0.237 e. The molecule has 1 amide bonds. The first-order valence-corrected chi connectivity index (χ1v) is 8.90. The van der Waals surface area contributed by atoms with Crippen LogP contribution in [0.15, 0.2) is 48.5 Å². The van der Waals surface area contributed by atoms with Crippen molar-refractivity contribution >= 4 is 16.8 Å². The fourth-order valence-electron chi connectivity index (χ4n) is 3.42. The summed E-state index contributed by atoms with van der Waals surface area (Å²) < 4.78 is 1.98. The Hall–Kier alpha value is -2.79. The van der Waals surface area contributed by atoms with E-state index in [2.05, 4.69) is 11.4 Å². The molecular formula is C21H25N3O2. The molecule has 0 aliphatic carbocycles. The number of carbonyl (C=O) groups excluding carboxylic acids is 1. The fourth-order valence-corrected chi connectivity index (χ4v) is 3.42. The molecule has 0 bridgehead atoms. The van der Waals surface area contributed by atoms with Crippen molar-refractivity contribution < 1.29 is 9.90 Å². The first-order chi connectivity index (χ1) is 12.6. The molecule has 5 nitrogen and oxygen atoms in total. The van der Waals surface area contributed by atoms with E-state index >= 15 is 0 Å². The van der Waals surface area contributed by atoms with Gasteiger partial charge in [-0.15, -0.1) is 0 Å². The summed E-state index contributed by atoms with van der Waals surface area (Å²) in [5.74, 6) is 0.0221. The number of aromatic hydroxyl groups is 1. The number of hydrogen-bond acceptors (Lipinski definition) is 3. The van der Waals surface area contributed by atoms with E-state index in [0.29, 0.717) is 5.75 Å². The minimum absolute atomic E-state index is 0.194. The molecule has 0 aliphatic rings. The molecule has 3 rings (SSSR count). The molecule has 0 saturated heterocycles. The van der Waals surface area contributed by atoms with Crippen molar-refractivity contribution in [1.82, 2.24) is 9.88 Å². The van der Waals surface area contributed by atoms with Gasteiger partial charge in [-0.05, 0) is 49.6 Å². The van der Waals surface area contributed by atoms with Crippen LogP contribution in [0.2, 0.25) is 0 Å². The summed E-state index contributed by atoms with van der Waals surface area (Å²) in [7, 11) is 0. The van der Waals surface area contributed by atoms with E-state index in [1.807, 2.05) is 47.9 Å². The summed E-state index contributed by atoms with van der Waals surface area (Å²) >= 11 is 0. The summed E-state index contributed by atoms with van der Waals surface area (Å²) in [5.41, 5.74) is 9.68. The summed E-state index contributed by atoms with van der Waals surface area (Å²) in [4.78, 5) is 11.4. The van der Waals surface area contributed by atoms with Crippen molar-refractivity contribution in [3.63, 3.8) is 0 Å². The lowest BCUT2D eigenvalue weighted by Crippen LogP contribution is -2.20. The van der Waals surface area contributed by atoms with E-state index in [-0.39, 0.29) is 12.5 Å². The molecule has 0 fully saturated rings. The highest BCUT2D eigenvalue weighted by molar-refractivity contribution is 5.87. The van der Waals surface area contributed by atoms with Crippen molar-refractivity contribution in [2.45, 2.75) is 32.9 Å². The molecule has 136 valence electrons. The predicted octanol–water partition coefficient (Wildman–Crippen LogP) is 2.86. The number of rotatable bonds is 8. The quantitative estimate of drug-likeness (QED) is 0.546. The van der Waals surface area contributed by atoms with Gasteiger partial charge in [0, 0.05) is 23.1 Å². The number of phenols is 1. The van der Waals surface area contributed by atoms with Crippen LogP contribution in [0.5, 0.6) is 5.75 Å². The Morgan fingerprint density at radius 2 is 1.88 bits per heavy atom. The van der Waals surface area contributed by atoms with Gasteiger partial charge in [-0.1, -0.05) is 36.4 Å². The maximum atomic E-state index is 11.4. The minimum Gasteiger partial charge on any atom is -0.508 e. The van der Waals surface area contributed by atoms with E-state index in [0.717, 1.165) is 48.1 Å². The molecule has 0 spiro atoms. The highest BCUT2D eigenvalue weighted by Gasteiger charge is 2.14. The number of nitrogens with zero attached hydrogens (tertiary/aromatic N) is 1. The van der Waals surface area contributed by atoms with Crippen molar-refractivity contribution in [3.05, 3.63) is 65.4 Å². The van der Waals surface area contributed by atoms with Crippen LogP contribution in [-0.4, -0.2) is 22.1 Å². The molecule has 1 aromatic heterocycles. The summed E-state index contributed by atoms with van der Waals surface area (Å²) in [5, 5.41) is 14.4. The number of fused-ring (bicyclic) bond motifs is 1. The van der Waals surface area contributed by atoms with Crippen LogP contribution >= 0.6 is 0 Å². The Balaban J connectivity index is 1.65. The Morgan fingerprint density at radius 3 is 2.65 bits per heavy atom. The van der Waals surface area contributed by atoms with Crippen LogP contribution in [0.25, 0.3) is 10.9 Å². The van der Waals surface area contributed by atoms with Gasteiger partial charge in [0.05, 0.1) is 0 Å². The molecule has 0 radical (unpaired) electrons. The lowest BCUT2D eigenvalue weighted by atomic mass is 10.1. The second-order valence-electron chi connectivity index (χ2n) is 6.54. The third kappa shape index (κ3) is 3.89. The Morgan fingerprint density at radius 1 is 1.15 bits per heavy atom. The van der Waals surface area contributed by atoms with Gasteiger partial charge in [-0.3, -0.25) is 4.79 Å². The number of nitrogens with two attached hydrogens (primary N) is 1. The van der Waals surface area contributed by atoms with Crippen molar-refractivity contribution in [2.75, 3.05) is 6.54 Å². The molecular weight excluding hydrogens is 326 g/mol. The summed E-state index contributed by atoms with van der Waals surface area (Å²) in [6, 6.07) is 15.5. The molecule has 0 aliphatic heterocycles. The average molecular weight is 351 g/mol. The third-order valence-electron chi connectivity index (χ3n) is 4.77. The van der Waals surface area contributed by atoms with Gasteiger partial charge in [-0.25, -0.2) is 0 Å². The molecule has 1 heterocycles. The molecule has 0 saturated carbocycles.